The lowest BCUT2D eigenvalue weighted by atomic mass is 10.1. The van der Waals surface area contributed by atoms with Gasteiger partial charge in [-0.3, -0.25) is 9.69 Å². The monoisotopic (exact) mass is 312 g/mol. The maximum absolute atomic E-state index is 12.3. The number of carboxylic acid groups (broad SMARTS) is 1. The van der Waals surface area contributed by atoms with Gasteiger partial charge in [0.05, 0.1) is 12.6 Å². The van der Waals surface area contributed by atoms with Crippen molar-refractivity contribution >= 4 is 29.3 Å². The van der Waals surface area contributed by atoms with Gasteiger partial charge >= 0.3 is 12.0 Å². The number of carbonyl (C=O) groups excluding carboxylic acids is 1. The first-order valence-electron chi connectivity index (χ1n) is 6.69. The number of carbonyl (C=O) groups is 2. The fraction of sp³-hybridized carbons (Fsp3) is 0.429. The number of benzene rings is 1. The zero-order chi connectivity index (χ0) is 15.2. The van der Waals surface area contributed by atoms with Crippen molar-refractivity contribution in [2.45, 2.75) is 18.9 Å². The average molecular weight is 313 g/mol. The number of amides is 2. The molecule has 1 aliphatic rings. The third kappa shape index (κ3) is 4.61. The van der Waals surface area contributed by atoms with Crippen LogP contribution in [0.25, 0.3) is 0 Å². The Morgan fingerprint density at radius 3 is 2.67 bits per heavy atom. The van der Waals surface area contributed by atoms with Gasteiger partial charge in [-0.15, -0.1) is 0 Å². The molecule has 21 heavy (non-hydrogen) atoms. The zero-order valence-electron chi connectivity index (χ0n) is 11.4. The average Bonchev–Trinajstić information content (AvgIpc) is 2.46. The second kappa shape index (κ2) is 7.28. The standard InChI is InChI=1S/C14H17ClN2O4/c15-10-3-5-12(6-4-10)17(8-13(18)19)14(20)16-11-2-1-7-21-9-11/h3-6,11H,1-2,7-9H2,(H,16,20)(H,18,19). The second-order valence-electron chi connectivity index (χ2n) is 4.82. The molecule has 1 unspecified atom stereocenters. The minimum atomic E-state index is -1.08. The molecule has 2 N–H and O–H groups in total. The Bertz CT molecular complexity index is 500. The Labute approximate surface area is 127 Å². The van der Waals surface area contributed by atoms with Crippen molar-refractivity contribution in [2.24, 2.45) is 0 Å². The van der Waals surface area contributed by atoms with E-state index in [4.69, 9.17) is 21.4 Å². The Hall–Kier alpha value is -1.79. The van der Waals surface area contributed by atoms with E-state index in [9.17, 15) is 9.59 Å². The van der Waals surface area contributed by atoms with Gasteiger partial charge in [-0.2, -0.15) is 0 Å². The number of nitrogens with zero attached hydrogens (tertiary/aromatic N) is 1. The Morgan fingerprint density at radius 1 is 1.38 bits per heavy atom. The van der Waals surface area contributed by atoms with Crippen molar-refractivity contribution in [3.05, 3.63) is 29.3 Å². The number of urea groups is 1. The molecule has 114 valence electrons. The molecule has 0 saturated carbocycles. The lowest BCUT2D eigenvalue weighted by Crippen LogP contribution is -2.49. The van der Waals surface area contributed by atoms with Gasteiger partial charge in [-0.1, -0.05) is 11.6 Å². The molecule has 1 aliphatic heterocycles. The molecule has 1 atom stereocenters. The van der Waals surface area contributed by atoms with E-state index < -0.39 is 18.5 Å². The van der Waals surface area contributed by atoms with Crippen LogP contribution in [0.5, 0.6) is 0 Å². The summed E-state index contributed by atoms with van der Waals surface area (Å²) in [6.45, 7) is 0.733. The van der Waals surface area contributed by atoms with Crippen molar-refractivity contribution in [1.82, 2.24) is 5.32 Å². The summed E-state index contributed by atoms with van der Waals surface area (Å²) >= 11 is 5.81. The number of hydrogen-bond acceptors (Lipinski definition) is 3. The summed E-state index contributed by atoms with van der Waals surface area (Å²) in [7, 11) is 0. The van der Waals surface area contributed by atoms with E-state index in [1.165, 1.54) is 4.90 Å². The van der Waals surface area contributed by atoms with Crippen LogP contribution in [0.15, 0.2) is 24.3 Å². The van der Waals surface area contributed by atoms with Crippen LogP contribution in [0, 0.1) is 0 Å². The quantitative estimate of drug-likeness (QED) is 0.892. The number of nitrogens with one attached hydrogen (secondary N) is 1. The number of rotatable bonds is 4. The minimum Gasteiger partial charge on any atom is -0.480 e. The first kappa shape index (κ1) is 15.6. The highest BCUT2D eigenvalue weighted by Crippen LogP contribution is 2.18. The van der Waals surface area contributed by atoms with Crippen LogP contribution in [-0.4, -0.2) is 42.9 Å². The van der Waals surface area contributed by atoms with Gasteiger partial charge < -0.3 is 15.2 Å². The molecule has 0 radical (unpaired) electrons. The van der Waals surface area contributed by atoms with E-state index in [0.29, 0.717) is 23.9 Å². The lowest BCUT2D eigenvalue weighted by Gasteiger charge is -2.27. The molecule has 0 bridgehead atoms. The van der Waals surface area contributed by atoms with E-state index in [2.05, 4.69) is 5.32 Å². The molecule has 1 aromatic rings. The normalized spacial score (nSPS) is 18.0. The number of ether oxygens (including phenoxy) is 1. The molecule has 1 fully saturated rings. The first-order chi connectivity index (χ1) is 10.1. The van der Waals surface area contributed by atoms with Gasteiger partial charge in [0, 0.05) is 17.3 Å². The van der Waals surface area contributed by atoms with Crippen molar-refractivity contribution in [3.8, 4) is 0 Å². The molecule has 1 aromatic carbocycles. The highest BCUT2D eigenvalue weighted by Gasteiger charge is 2.23. The molecular formula is C14H17ClN2O4. The smallest absolute Gasteiger partial charge is 0.323 e. The SMILES string of the molecule is O=C(O)CN(C(=O)NC1CCCOC1)c1ccc(Cl)cc1. The molecular weight excluding hydrogens is 296 g/mol. The number of halogens is 1. The van der Waals surface area contributed by atoms with Crippen LogP contribution in [0.4, 0.5) is 10.5 Å². The zero-order valence-corrected chi connectivity index (χ0v) is 12.2. The third-order valence-corrected chi connectivity index (χ3v) is 3.42. The molecule has 0 aromatic heterocycles. The van der Waals surface area contributed by atoms with Crippen LogP contribution >= 0.6 is 11.6 Å². The van der Waals surface area contributed by atoms with E-state index >= 15 is 0 Å². The molecule has 0 aliphatic carbocycles. The van der Waals surface area contributed by atoms with Crippen molar-refractivity contribution in [3.63, 3.8) is 0 Å². The third-order valence-electron chi connectivity index (χ3n) is 3.16. The fourth-order valence-corrected chi connectivity index (χ4v) is 2.27. The van der Waals surface area contributed by atoms with E-state index in [1.807, 2.05) is 0 Å². The largest absolute Gasteiger partial charge is 0.480 e. The number of hydrogen-bond donors (Lipinski definition) is 2. The predicted molar refractivity (Wildman–Crippen MR) is 78.8 cm³/mol. The molecule has 2 amide bonds. The number of carboxylic acids is 1. The summed E-state index contributed by atoms with van der Waals surface area (Å²) in [5.41, 5.74) is 0.482. The summed E-state index contributed by atoms with van der Waals surface area (Å²) in [5.74, 6) is -1.08. The number of anilines is 1. The van der Waals surface area contributed by atoms with Crippen LogP contribution in [0.2, 0.25) is 5.02 Å². The summed E-state index contributed by atoms with van der Waals surface area (Å²) in [6, 6.07) is 5.92. The van der Waals surface area contributed by atoms with Gasteiger partial charge in [0.2, 0.25) is 0 Å². The van der Waals surface area contributed by atoms with Crippen molar-refractivity contribution in [1.29, 1.82) is 0 Å². The van der Waals surface area contributed by atoms with Gasteiger partial charge in [0.15, 0.2) is 0 Å². The van der Waals surface area contributed by atoms with E-state index in [-0.39, 0.29) is 6.04 Å². The summed E-state index contributed by atoms with van der Waals surface area (Å²) in [6.07, 6.45) is 1.71. The fourth-order valence-electron chi connectivity index (χ4n) is 2.14. The Kier molecular flexibility index (Phi) is 5.41. The topological polar surface area (TPSA) is 78.9 Å². The van der Waals surface area contributed by atoms with Gasteiger partial charge in [-0.25, -0.2) is 4.79 Å². The van der Waals surface area contributed by atoms with Crippen LogP contribution in [0.1, 0.15) is 12.8 Å². The highest BCUT2D eigenvalue weighted by molar-refractivity contribution is 6.30. The summed E-state index contributed by atoms with van der Waals surface area (Å²) in [5, 5.41) is 12.3. The van der Waals surface area contributed by atoms with E-state index in [1.54, 1.807) is 24.3 Å². The Morgan fingerprint density at radius 2 is 2.10 bits per heavy atom. The van der Waals surface area contributed by atoms with Gasteiger partial charge in [0.1, 0.15) is 6.54 Å². The molecule has 0 spiro atoms. The lowest BCUT2D eigenvalue weighted by molar-refractivity contribution is -0.135. The Balaban J connectivity index is 2.08. The highest BCUT2D eigenvalue weighted by atomic mass is 35.5. The first-order valence-corrected chi connectivity index (χ1v) is 7.07. The van der Waals surface area contributed by atoms with Crippen molar-refractivity contribution < 1.29 is 19.4 Å². The molecule has 7 heteroatoms. The molecule has 2 rings (SSSR count). The maximum Gasteiger partial charge on any atom is 0.323 e. The van der Waals surface area contributed by atoms with Gasteiger partial charge in [-0.05, 0) is 37.1 Å². The number of aliphatic carboxylic acids is 1. The van der Waals surface area contributed by atoms with E-state index in [0.717, 1.165) is 12.8 Å². The minimum absolute atomic E-state index is 0.0881. The second-order valence-corrected chi connectivity index (χ2v) is 5.26. The summed E-state index contributed by atoms with van der Waals surface area (Å²) < 4.78 is 5.30. The molecule has 1 heterocycles. The van der Waals surface area contributed by atoms with Crippen LogP contribution in [0.3, 0.4) is 0 Å². The predicted octanol–water partition coefficient (Wildman–Crippen LogP) is 2.12. The molecule has 1 saturated heterocycles. The summed E-state index contributed by atoms with van der Waals surface area (Å²) in [4.78, 5) is 24.4. The van der Waals surface area contributed by atoms with Crippen LogP contribution < -0.4 is 10.2 Å². The van der Waals surface area contributed by atoms with Gasteiger partial charge in [0.25, 0.3) is 0 Å². The molecule has 6 nitrogen and oxygen atoms in total. The van der Waals surface area contributed by atoms with Crippen molar-refractivity contribution in [2.75, 3.05) is 24.7 Å². The van der Waals surface area contributed by atoms with Crippen LogP contribution in [-0.2, 0) is 9.53 Å². The maximum atomic E-state index is 12.3.